The van der Waals surface area contributed by atoms with Gasteiger partial charge in [-0.15, -0.1) is 11.3 Å². The molecule has 162 valence electrons. The van der Waals surface area contributed by atoms with Crippen LogP contribution in [0.5, 0.6) is 0 Å². The number of nitrogens with zero attached hydrogens (tertiary/aromatic N) is 1. The molecular formula is C22H28ClN3O3S. The maximum atomic E-state index is 12.9. The number of benzene rings is 1. The average molecular weight is 450 g/mol. The highest BCUT2D eigenvalue weighted by atomic mass is 35.5. The second-order valence-corrected chi connectivity index (χ2v) is 9.20. The molecule has 0 saturated heterocycles. The first-order chi connectivity index (χ1) is 14.5. The zero-order chi connectivity index (χ0) is 21.5. The van der Waals surface area contributed by atoms with Crippen LogP contribution in [0.4, 0.5) is 5.69 Å². The van der Waals surface area contributed by atoms with Gasteiger partial charge in [0.25, 0.3) is 5.91 Å². The highest BCUT2D eigenvalue weighted by Gasteiger charge is 2.23. The van der Waals surface area contributed by atoms with Crippen LogP contribution in [-0.2, 0) is 22.4 Å². The number of carbonyl (C=O) groups excluding carboxylic acids is 2. The van der Waals surface area contributed by atoms with Gasteiger partial charge in [-0.1, -0.05) is 24.6 Å². The summed E-state index contributed by atoms with van der Waals surface area (Å²) in [4.78, 5) is 28.2. The number of thiophene rings is 1. The summed E-state index contributed by atoms with van der Waals surface area (Å²) in [5.41, 5.74) is 3.31. The molecule has 3 rings (SSSR count). The van der Waals surface area contributed by atoms with Crippen molar-refractivity contribution < 1.29 is 14.3 Å². The van der Waals surface area contributed by atoms with Gasteiger partial charge in [-0.2, -0.15) is 0 Å². The second-order valence-electron chi connectivity index (χ2n) is 7.48. The fourth-order valence-corrected chi connectivity index (χ4v) is 4.28. The van der Waals surface area contributed by atoms with E-state index in [9.17, 15) is 9.59 Å². The Morgan fingerprint density at radius 2 is 1.97 bits per heavy atom. The number of nitrogens with one attached hydrogen (secondary N) is 2. The van der Waals surface area contributed by atoms with Crippen LogP contribution in [0, 0.1) is 0 Å². The molecule has 6 nitrogen and oxygen atoms in total. The number of anilines is 1. The van der Waals surface area contributed by atoms with Gasteiger partial charge in [-0.05, 0) is 61.7 Å². The smallest absolute Gasteiger partial charge is 0.262 e. The zero-order valence-electron chi connectivity index (χ0n) is 17.4. The van der Waals surface area contributed by atoms with Crippen LogP contribution in [0.25, 0.3) is 0 Å². The minimum atomic E-state index is -0.796. The lowest BCUT2D eigenvalue weighted by Crippen LogP contribution is -2.46. The molecule has 1 unspecified atom stereocenters. The molecule has 0 spiro atoms. The molecule has 1 aliphatic rings. The van der Waals surface area contributed by atoms with Crippen LogP contribution in [-0.4, -0.2) is 56.1 Å². The monoisotopic (exact) mass is 449 g/mol. The number of amides is 2. The maximum absolute atomic E-state index is 12.9. The molecular weight excluding hydrogens is 422 g/mol. The van der Waals surface area contributed by atoms with Gasteiger partial charge in [0.2, 0.25) is 5.91 Å². The standard InChI is InChI=1S/C22H28ClN3O3S/c1-3-12-29-14-18(25-22(28)19-6-7-20(23)30-19)21(27)24-17-5-4-15-8-10-26(2)11-9-16(15)13-17/h4-7,13,18H,3,8-12,14H2,1-2H3,(H,24,27)(H,25,28). The highest BCUT2D eigenvalue weighted by Crippen LogP contribution is 2.22. The second kappa shape index (κ2) is 10.9. The Hall–Kier alpha value is -1.93. The predicted molar refractivity (Wildman–Crippen MR) is 122 cm³/mol. The summed E-state index contributed by atoms with van der Waals surface area (Å²) < 4.78 is 6.09. The van der Waals surface area contributed by atoms with Crippen molar-refractivity contribution in [1.82, 2.24) is 10.2 Å². The van der Waals surface area contributed by atoms with Gasteiger partial charge in [-0.25, -0.2) is 0 Å². The number of halogens is 1. The van der Waals surface area contributed by atoms with Crippen molar-refractivity contribution in [2.24, 2.45) is 0 Å². The molecule has 1 aliphatic heterocycles. The third-order valence-corrected chi connectivity index (χ3v) is 6.28. The molecule has 8 heteroatoms. The predicted octanol–water partition coefficient (Wildman–Crippen LogP) is 3.60. The first-order valence-corrected chi connectivity index (χ1v) is 11.4. The van der Waals surface area contributed by atoms with E-state index in [1.54, 1.807) is 12.1 Å². The van der Waals surface area contributed by atoms with Crippen molar-refractivity contribution in [1.29, 1.82) is 0 Å². The van der Waals surface area contributed by atoms with Gasteiger partial charge in [0.15, 0.2) is 0 Å². The Morgan fingerprint density at radius 1 is 1.20 bits per heavy atom. The average Bonchev–Trinajstić information content (AvgIpc) is 3.08. The van der Waals surface area contributed by atoms with Crippen molar-refractivity contribution >= 4 is 40.4 Å². The van der Waals surface area contributed by atoms with Crippen molar-refractivity contribution in [2.75, 3.05) is 38.7 Å². The van der Waals surface area contributed by atoms with Crippen LogP contribution in [0.3, 0.4) is 0 Å². The van der Waals surface area contributed by atoms with E-state index >= 15 is 0 Å². The lowest BCUT2D eigenvalue weighted by Gasteiger charge is -2.19. The fraction of sp³-hybridized carbons (Fsp3) is 0.455. The molecule has 2 aromatic rings. The van der Waals surface area contributed by atoms with Crippen molar-refractivity contribution in [2.45, 2.75) is 32.2 Å². The van der Waals surface area contributed by atoms with E-state index in [0.717, 1.165) is 38.0 Å². The molecule has 0 saturated carbocycles. The Balaban J connectivity index is 1.68. The Labute approximate surface area is 186 Å². The molecule has 2 heterocycles. The van der Waals surface area contributed by atoms with Gasteiger partial charge >= 0.3 is 0 Å². The largest absolute Gasteiger partial charge is 0.379 e. The lowest BCUT2D eigenvalue weighted by atomic mass is 10.0. The van der Waals surface area contributed by atoms with E-state index in [1.165, 1.54) is 22.5 Å². The Kier molecular flexibility index (Phi) is 8.27. The third-order valence-electron chi connectivity index (χ3n) is 5.05. The van der Waals surface area contributed by atoms with E-state index in [1.807, 2.05) is 19.1 Å². The van der Waals surface area contributed by atoms with Crippen LogP contribution >= 0.6 is 22.9 Å². The van der Waals surface area contributed by atoms with Crippen LogP contribution in [0.1, 0.15) is 34.1 Å². The molecule has 30 heavy (non-hydrogen) atoms. The van der Waals surface area contributed by atoms with E-state index < -0.39 is 6.04 Å². The Morgan fingerprint density at radius 3 is 2.67 bits per heavy atom. The van der Waals surface area contributed by atoms with E-state index in [2.05, 4.69) is 28.6 Å². The molecule has 0 fully saturated rings. The van der Waals surface area contributed by atoms with Crippen molar-refractivity contribution in [3.63, 3.8) is 0 Å². The SMILES string of the molecule is CCCOCC(NC(=O)c1ccc(Cl)s1)C(=O)Nc1ccc2c(c1)CCN(C)CC2. The molecule has 0 aliphatic carbocycles. The quantitative estimate of drug-likeness (QED) is 0.604. The summed E-state index contributed by atoms with van der Waals surface area (Å²) in [7, 11) is 2.12. The molecule has 1 atom stereocenters. The molecule has 2 N–H and O–H groups in total. The topological polar surface area (TPSA) is 70.7 Å². The van der Waals surface area contributed by atoms with Gasteiger partial charge in [0.1, 0.15) is 6.04 Å². The van der Waals surface area contributed by atoms with Crippen molar-refractivity contribution in [3.8, 4) is 0 Å². The molecule has 2 amide bonds. The van der Waals surface area contributed by atoms with Gasteiger partial charge in [0, 0.05) is 25.4 Å². The van der Waals surface area contributed by atoms with E-state index in [4.69, 9.17) is 16.3 Å². The minimum absolute atomic E-state index is 0.111. The van der Waals surface area contributed by atoms with Gasteiger partial charge < -0.3 is 20.3 Å². The molecule has 1 aromatic carbocycles. The lowest BCUT2D eigenvalue weighted by molar-refractivity contribution is -0.119. The highest BCUT2D eigenvalue weighted by molar-refractivity contribution is 7.18. The number of carbonyl (C=O) groups is 2. The Bertz CT molecular complexity index is 886. The van der Waals surface area contributed by atoms with Crippen LogP contribution in [0.2, 0.25) is 4.34 Å². The van der Waals surface area contributed by atoms with E-state index in [0.29, 0.717) is 15.8 Å². The molecule has 0 bridgehead atoms. The number of hydrogen-bond acceptors (Lipinski definition) is 5. The summed E-state index contributed by atoms with van der Waals surface area (Å²) in [6.45, 7) is 4.66. The van der Waals surface area contributed by atoms with Gasteiger partial charge in [0.05, 0.1) is 15.8 Å². The van der Waals surface area contributed by atoms with Crippen molar-refractivity contribution in [3.05, 3.63) is 50.7 Å². The summed E-state index contributed by atoms with van der Waals surface area (Å²) in [6, 6.07) is 8.56. The van der Waals surface area contributed by atoms with Gasteiger partial charge in [-0.3, -0.25) is 9.59 Å². The number of likely N-dealkylation sites (N-methyl/N-ethyl adjacent to an activating group) is 1. The summed E-state index contributed by atoms with van der Waals surface area (Å²) in [5.74, 6) is -0.634. The summed E-state index contributed by atoms with van der Waals surface area (Å²) in [5, 5.41) is 5.72. The first kappa shape index (κ1) is 22.7. The summed E-state index contributed by atoms with van der Waals surface area (Å²) >= 11 is 7.10. The number of hydrogen-bond donors (Lipinski definition) is 2. The number of fused-ring (bicyclic) bond motifs is 1. The number of ether oxygens (including phenoxy) is 1. The fourth-order valence-electron chi connectivity index (χ4n) is 3.34. The maximum Gasteiger partial charge on any atom is 0.262 e. The first-order valence-electron chi connectivity index (χ1n) is 10.2. The normalized spacial score (nSPS) is 15.2. The zero-order valence-corrected chi connectivity index (χ0v) is 18.9. The molecule has 0 radical (unpaired) electrons. The summed E-state index contributed by atoms with van der Waals surface area (Å²) in [6.07, 6.45) is 2.80. The van der Waals surface area contributed by atoms with E-state index in [-0.39, 0.29) is 18.4 Å². The third kappa shape index (κ3) is 6.28. The molecule has 1 aromatic heterocycles. The van der Waals surface area contributed by atoms with Crippen LogP contribution < -0.4 is 10.6 Å². The minimum Gasteiger partial charge on any atom is -0.379 e. The van der Waals surface area contributed by atoms with Crippen LogP contribution in [0.15, 0.2) is 30.3 Å². The number of rotatable bonds is 8.